The Morgan fingerprint density at radius 2 is 1.92 bits per heavy atom. The molecule has 130 valence electrons. The molecule has 3 aromatic rings. The molecule has 0 atom stereocenters. The van der Waals surface area contributed by atoms with Crippen LogP contribution >= 0.6 is 23.2 Å². The van der Waals surface area contributed by atoms with E-state index in [-0.39, 0.29) is 27.9 Å². The van der Waals surface area contributed by atoms with Crippen LogP contribution in [0.2, 0.25) is 10.0 Å². The standard InChI is InChI=1S/C15H9Cl2F3N4O/c16-10-2-1-7(4-11(10)17)3-9-12(15(18,19)20)23-13(24-14(9)25)8-5-21-22-6-8/h1-2,4-6H,3H2,(H,21,22)(H,23,24,25). The predicted molar refractivity (Wildman–Crippen MR) is 86.7 cm³/mol. The number of aromatic amines is 2. The first-order chi connectivity index (χ1) is 11.8. The van der Waals surface area contributed by atoms with Crippen LogP contribution in [0, 0.1) is 0 Å². The summed E-state index contributed by atoms with van der Waals surface area (Å²) in [6, 6.07) is 4.36. The number of rotatable bonds is 3. The molecule has 0 aliphatic rings. The molecule has 25 heavy (non-hydrogen) atoms. The van der Waals surface area contributed by atoms with Crippen molar-refractivity contribution in [1.29, 1.82) is 0 Å². The topological polar surface area (TPSA) is 74.4 Å². The summed E-state index contributed by atoms with van der Waals surface area (Å²) in [6.45, 7) is 0. The number of benzene rings is 1. The van der Waals surface area contributed by atoms with Gasteiger partial charge in [0.2, 0.25) is 0 Å². The van der Waals surface area contributed by atoms with Crippen molar-refractivity contribution in [2.24, 2.45) is 0 Å². The lowest BCUT2D eigenvalue weighted by Crippen LogP contribution is -2.24. The molecule has 0 fully saturated rings. The van der Waals surface area contributed by atoms with Crippen molar-refractivity contribution < 1.29 is 13.2 Å². The highest BCUT2D eigenvalue weighted by Crippen LogP contribution is 2.32. The molecule has 3 rings (SSSR count). The summed E-state index contributed by atoms with van der Waals surface area (Å²) in [5.41, 5.74) is -1.99. The number of halogens is 5. The molecule has 1 aromatic carbocycles. The molecule has 2 N–H and O–H groups in total. The van der Waals surface area contributed by atoms with Gasteiger partial charge in [0.1, 0.15) is 5.82 Å². The molecule has 0 saturated heterocycles. The van der Waals surface area contributed by atoms with Crippen LogP contribution in [0.4, 0.5) is 13.2 Å². The smallest absolute Gasteiger partial charge is 0.306 e. The zero-order valence-electron chi connectivity index (χ0n) is 12.3. The maximum Gasteiger partial charge on any atom is 0.433 e. The van der Waals surface area contributed by atoms with Gasteiger partial charge in [0.25, 0.3) is 5.56 Å². The number of hydrogen-bond acceptors (Lipinski definition) is 3. The maximum atomic E-state index is 13.4. The van der Waals surface area contributed by atoms with Crippen molar-refractivity contribution in [3.05, 3.63) is 67.8 Å². The molecule has 2 heterocycles. The van der Waals surface area contributed by atoms with Gasteiger partial charge in [0, 0.05) is 12.6 Å². The van der Waals surface area contributed by atoms with Crippen molar-refractivity contribution in [1.82, 2.24) is 20.2 Å². The van der Waals surface area contributed by atoms with Crippen LogP contribution in [0.15, 0.2) is 35.4 Å². The van der Waals surface area contributed by atoms with E-state index in [0.717, 1.165) is 0 Å². The Balaban J connectivity index is 2.12. The van der Waals surface area contributed by atoms with Crippen LogP contribution in [0.3, 0.4) is 0 Å². The highest BCUT2D eigenvalue weighted by atomic mass is 35.5. The normalized spacial score (nSPS) is 11.7. The van der Waals surface area contributed by atoms with Crippen LogP contribution in [-0.4, -0.2) is 20.2 Å². The first kappa shape index (κ1) is 17.5. The molecule has 0 spiro atoms. The van der Waals surface area contributed by atoms with E-state index >= 15 is 0 Å². The fourth-order valence-corrected chi connectivity index (χ4v) is 2.59. The van der Waals surface area contributed by atoms with Gasteiger partial charge in [-0.2, -0.15) is 18.3 Å². The van der Waals surface area contributed by atoms with E-state index in [4.69, 9.17) is 23.2 Å². The third kappa shape index (κ3) is 3.69. The van der Waals surface area contributed by atoms with Gasteiger partial charge < -0.3 is 4.98 Å². The number of nitrogens with zero attached hydrogens (tertiary/aromatic N) is 2. The Labute approximate surface area is 148 Å². The molecule has 0 bridgehead atoms. The van der Waals surface area contributed by atoms with E-state index in [0.29, 0.717) is 5.56 Å². The lowest BCUT2D eigenvalue weighted by molar-refractivity contribution is -0.141. The quantitative estimate of drug-likeness (QED) is 0.709. The van der Waals surface area contributed by atoms with E-state index < -0.39 is 23.0 Å². The molecular weight excluding hydrogens is 380 g/mol. The number of aromatic nitrogens is 4. The van der Waals surface area contributed by atoms with Crippen molar-refractivity contribution >= 4 is 23.2 Å². The molecule has 0 amide bonds. The fourth-order valence-electron chi connectivity index (χ4n) is 2.27. The first-order valence-electron chi connectivity index (χ1n) is 6.89. The molecule has 0 saturated carbocycles. The third-order valence-corrected chi connectivity index (χ3v) is 4.16. The molecule has 10 heteroatoms. The summed E-state index contributed by atoms with van der Waals surface area (Å²) in [5.74, 6) is -0.219. The lowest BCUT2D eigenvalue weighted by Gasteiger charge is -2.13. The zero-order chi connectivity index (χ0) is 18.2. The molecule has 0 aliphatic carbocycles. The molecule has 0 unspecified atom stereocenters. The largest absolute Gasteiger partial charge is 0.433 e. The van der Waals surface area contributed by atoms with Crippen LogP contribution < -0.4 is 5.56 Å². The third-order valence-electron chi connectivity index (χ3n) is 3.42. The van der Waals surface area contributed by atoms with Gasteiger partial charge >= 0.3 is 6.18 Å². The van der Waals surface area contributed by atoms with E-state index in [1.165, 1.54) is 30.6 Å². The number of H-pyrrole nitrogens is 2. The monoisotopic (exact) mass is 388 g/mol. The predicted octanol–water partition coefficient (Wildman–Crippen LogP) is 4.08. The SMILES string of the molecule is O=c1[nH]c(-c2cn[nH]c2)nc(C(F)(F)F)c1Cc1ccc(Cl)c(Cl)c1. The molecular formula is C15H9Cl2F3N4O. The Bertz CT molecular complexity index is 968. The Morgan fingerprint density at radius 3 is 2.52 bits per heavy atom. The Kier molecular flexibility index (Phi) is 4.57. The van der Waals surface area contributed by atoms with Crippen molar-refractivity contribution in [2.45, 2.75) is 12.6 Å². The summed E-state index contributed by atoms with van der Waals surface area (Å²) in [5, 5.41) is 6.54. The van der Waals surface area contributed by atoms with Gasteiger partial charge in [-0.1, -0.05) is 29.3 Å². The van der Waals surface area contributed by atoms with E-state index in [2.05, 4.69) is 20.2 Å². The summed E-state index contributed by atoms with van der Waals surface area (Å²) in [4.78, 5) is 18.2. The second kappa shape index (κ2) is 6.53. The minimum Gasteiger partial charge on any atom is -0.306 e. The second-order valence-corrected chi connectivity index (χ2v) is 5.97. The number of alkyl halides is 3. The average molecular weight is 389 g/mol. The Morgan fingerprint density at radius 1 is 1.16 bits per heavy atom. The molecule has 5 nitrogen and oxygen atoms in total. The second-order valence-electron chi connectivity index (χ2n) is 5.15. The highest BCUT2D eigenvalue weighted by Gasteiger charge is 2.37. The minimum absolute atomic E-state index is 0.187. The van der Waals surface area contributed by atoms with Crippen molar-refractivity contribution in [3.63, 3.8) is 0 Å². The summed E-state index contributed by atoms with van der Waals surface area (Å²) in [6.07, 6.45) is -2.49. The Hall–Kier alpha value is -2.32. The van der Waals surface area contributed by atoms with Gasteiger partial charge in [-0.3, -0.25) is 9.89 Å². The van der Waals surface area contributed by atoms with Gasteiger partial charge in [0.15, 0.2) is 5.69 Å². The first-order valence-corrected chi connectivity index (χ1v) is 7.65. The summed E-state index contributed by atoms with van der Waals surface area (Å²) >= 11 is 11.7. The lowest BCUT2D eigenvalue weighted by atomic mass is 10.0. The van der Waals surface area contributed by atoms with E-state index in [1.807, 2.05) is 0 Å². The van der Waals surface area contributed by atoms with E-state index in [1.54, 1.807) is 0 Å². The van der Waals surface area contributed by atoms with Gasteiger partial charge in [-0.25, -0.2) is 4.98 Å². The van der Waals surface area contributed by atoms with E-state index in [9.17, 15) is 18.0 Å². The van der Waals surface area contributed by atoms with Crippen LogP contribution in [0.25, 0.3) is 11.4 Å². The number of nitrogens with one attached hydrogen (secondary N) is 2. The minimum atomic E-state index is -4.79. The maximum absolute atomic E-state index is 13.4. The molecule has 0 radical (unpaired) electrons. The highest BCUT2D eigenvalue weighted by molar-refractivity contribution is 6.42. The van der Waals surface area contributed by atoms with Crippen LogP contribution in [0.1, 0.15) is 16.8 Å². The average Bonchev–Trinajstić information content (AvgIpc) is 3.06. The summed E-state index contributed by atoms with van der Waals surface area (Å²) in [7, 11) is 0. The van der Waals surface area contributed by atoms with Crippen LogP contribution in [-0.2, 0) is 12.6 Å². The number of hydrogen-bond donors (Lipinski definition) is 2. The van der Waals surface area contributed by atoms with Gasteiger partial charge in [-0.05, 0) is 17.7 Å². The van der Waals surface area contributed by atoms with Gasteiger partial charge in [-0.15, -0.1) is 0 Å². The van der Waals surface area contributed by atoms with Crippen molar-refractivity contribution in [3.8, 4) is 11.4 Å². The fraction of sp³-hybridized carbons (Fsp3) is 0.133. The summed E-state index contributed by atoms with van der Waals surface area (Å²) < 4.78 is 40.2. The van der Waals surface area contributed by atoms with Gasteiger partial charge in [0.05, 0.1) is 27.4 Å². The zero-order valence-corrected chi connectivity index (χ0v) is 13.8. The van der Waals surface area contributed by atoms with Crippen molar-refractivity contribution in [2.75, 3.05) is 0 Å². The molecule has 2 aromatic heterocycles. The molecule has 0 aliphatic heterocycles. The van der Waals surface area contributed by atoms with Crippen LogP contribution in [0.5, 0.6) is 0 Å².